The van der Waals surface area contributed by atoms with Crippen LogP contribution in [0.1, 0.15) is 43.0 Å². The molecule has 1 aliphatic heterocycles. The fourth-order valence-corrected chi connectivity index (χ4v) is 17.5. The lowest BCUT2D eigenvalue weighted by Crippen LogP contribution is -2.56. The van der Waals surface area contributed by atoms with E-state index in [9.17, 15) is 0 Å². The molecule has 0 fully saturated rings. The van der Waals surface area contributed by atoms with E-state index in [1.807, 2.05) is 0 Å². The summed E-state index contributed by atoms with van der Waals surface area (Å²) in [5.41, 5.74) is 12.0. The molecule has 0 aliphatic carbocycles. The monoisotopic (exact) mass is 784 g/mol. The van der Waals surface area contributed by atoms with Crippen molar-refractivity contribution >= 4 is 77.9 Å². The number of benzene rings is 7. The minimum atomic E-state index is -3.14. The Bertz CT molecular complexity index is 2740. The van der Waals surface area contributed by atoms with E-state index in [-0.39, 0.29) is 5.04 Å². The Hall–Kier alpha value is -5.98. The molecule has 0 radical (unpaired) electrons. The van der Waals surface area contributed by atoms with Crippen molar-refractivity contribution in [3.63, 3.8) is 0 Å². The minimum absolute atomic E-state index is 0.211. The molecule has 0 bridgehead atoms. The van der Waals surface area contributed by atoms with Gasteiger partial charge in [-0.25, -0.2) is 9.97 Å². The smallest absolute Gasteiger partial charge is 0.156 e. The molecule has 3 heterocycles. The van der Waals surface area contributed by atoms with E-state index in [1.54, 1.807) is 22.7 Å². The SMILES string of the molecule is CC(C)(C)[Si]1(c2ccccc2)C(c2ccccc2-c2nc3ccccc3s2)=C(c2ccccc2)C(c2ccccc2)=C1c1ccccc1-c1nc2ccccc2s1. The first-order chi connectivity index (χ1) is 27.9. The van der Waals surface area contributed by atoms with Gasteiger partial charge in [-0.15, -0.1) is 22.7 Å². The molecular formula is C52H40N2S2Si. The molecule has 0 spiro atoms. The van der Waals surface area contributed by atoms with Crippen LogP contribution in [-0.4, -0.2) is 18.0 Å². The van der Waals surface area contributed by atoms with Gasteiger partial charge in [-0.05, 0) is 78.3 Å². The maximum Gasteiger partial charge on any atom is 0.156 e. The zero-order valence-electron chi connectivity index (χ0n) is 32.1. The molecule has 0 saturated carbocycles. The fourth-order valence-electron chi connectivity index (χ4n) is 9.12. The summed E-state index contributed by atoms with van der Waals surface area (Å²) in [6.07, 6.45) is 0. The summed E-state index contributed by atoms with van der Waals surface area (Å²) in [6, 6.07) is 69.0. The number of hydrogen-bond acceptors (Lipinski definition) is 4. The van der Waals surface area contributed by atoms with Gasteiger partial charge in [0.05, 0.1) is 20.4 Å². The lowest BCUT2D eigenvalue weighted by atomic mass is 9.88. The second kappa shape index (κ2) is 14.2. The average Bonchev–Trinajstić information content (AvgIpc) is 3.98. The Morgan fingerprint density at radius 1 is 0.386 bits per heavy atom. The van der Waals surface area contributed by atoms with Crippen molar-refractivity contribution in [2.45, 2.75) is 25.8 Å². The lowest BCUT2D eigenvalue weighted by molar-refractivity contribution is 0.741. The standard InChI is InChI=1S/C52H40N2S2Si/c1-52(2,3)57(37-25-11-6-12-26-37)48(38-27-13-15-29-40(38)50-53-42-31-17-19-33-44(42)55-50)46(35-21-7-4-8-22-35)47(36-23-9-5-10-24-36)49(57)39-28-14-16-30-41(39)51-54-43-32-18-20-34-45(43)56-51/h4-34H,1-3H3. The Morgan fingerprint density at radius 2 is 0.737 bits per heavy atom. The van der Waals surface area contributed by atoms with Crippen LogP contribution < -0.4 is 5.19 Å². The summed E-state index contributed by atoms with van der Waals surface area (Å²) in [7, 11) is -3.14. The van der Waals surface area contributed by atoms with Crippen LogP contribution in [0.15, 0.2) is 188 Å². The highest BCUT2D eigenvalue weighted by molar-refractivity contribution is 7.24. The van der Waals surface area contributed by atoms with Gasteiger partial charge in [0.15, 0.2) is 8.07 Å². The Labute approximate surface area is 343 Å². The molecule has 10 rings (SSSR count). The van der Waals surface area contributed by atoms with Crippen molar-refractivity contribution in [1.29, 1.82) is 0 Å². The van der Waals surface area contributed by atoms with Gasteiger partial charge in [0, 0.05) is 11.1 Å². The van der Waals surface area contributed by atoms with Gasteiger partial charge in [-0.1, -0.05) is 185 Å². The maximum atomic E-state index is 5.32. The second-order valence-electron chi connectivity index (χ2n) is 15.7. The lowest BCUT2D eigenvalue weighted by Gasteiger charge is -2.46. The predicted octanol–water partition coefficient (Wildman–Crippen LogP) is 14.0. The van der Waals surface area contributed by atoms with E-state index in [4.69, 9.17) is 9.97 Å². The van der Waals surface area contributed by atoms with E-state index >= 15 is 0 Å². The van der Waals surface area contributed by atoms with E-state index in [0.717, 1.165) is 21.0 Å². The van der Waals surface area contributed by atoms with Crippen LogP contribution in [0.25, 0.3) is 63.1 Å². The molecule has 7 aromatic carbocycles. The van der Waals surface area contributed by atoms with Crippen LogP contribution in [0.5, 0.6) is 0 Å². The zero-order chi connectivity index (χ0) is 38.6. The Kier molecular flexibility index (Phi) is 8.82. The number of rotatable bonds is 7. The van der Waals surface area contributed by atoms with Crippen molar-refractivity contribution in [3.8, 4) is 21.1 Å². The molecule has 57 heavy (non-hydrogen) atoms. The highest BCUT2D eigenvalue weighted by Gasteiger charge is 2.59. The quantitative estimate of drug-likeness (QED) is 0.150. The first-order valence-corrected chi connectivity index (χ1v) is 23.1. The van der Waals surface area contributed by atoms with E-state index in [0.29, 0.717) is 0 Å². The molecule has 2 nitrogen and oxygen atoms in total. The largest absolute Gasteiger partial charge is 0.236 e. The second-order valence-corrected chi connectivity index (χ2v) is 22.3. The summed E-state index contributed by atoms with van der Waals surface area (Å²) < 4.78 is 2.39. The van der Waals surface area contributed by atoms with Gasteiger partial charge < -0.3 is 0 Å². The van der Waals surface area contributed by atoms with Gasteiger partial charge in [-0.3, -0.25) is 0 Å². The average molecular weight is 785 g/mol. The predicted molar refractivity (Wildman–Crippen MR) is 248 cm³/mol. The van der Waals surface area contributed by atoms with E-state index in [1.165, 1.54) is 69.5 Å². The summed E-state index contributed by atoms with van der Waals surface area (Å²) in [5.74, 6) is 0. The third-order valence-electron chi connectivity index (χ3n) is 11.4. The third kappa shape index (κ3) is 5.80. The molecule has 9 aromatic rings. The molecule has 0 unspecified atom stereocenters. The number of thiazole rings is 2. The summed E-state index contributed by atoms with van der Waals surface area (Å²) >= 11 is 3.56. The summed E-state index contributed by atoms with van der Waals surface area (Å²) in [4.78, 5) is 10.6. The van der Waals surface area contributed by atoms with Crippen LogP contribution in [0.2, 0.25) is 5.04 Å². The molecule has 0 saturated heterocycles. The highest BCUT2D eigenvalue weighted by atomic mass is 32.1. The van der Waals surface area contributed by atoms with Gasteiger partial charge in [-0.2, -0.15) is 0 Å². The topological polar surface area (TPSA) is 25.8 Å². The molecule has 2 aromatic heterocycles. The molecule has 0 N–H and O–H groups in total. The number of fused-ring (bicyclic) bond motifs is 2. The number of allylic oxidation sites excluding steroid dienone is 2. The number of aromatic nitrogens is 2. The summed E-state index contributed by atoms with van der Waals surface area (Å²) in [5, 5.41) is 6.12. The van der Waals surface area contributed by atoms with E-state index in [2.05, 4.69) is 209 Å². The third-order valence-corrected chi connectivity index (χ3v) is 19.5. The molecule has 0 atom stereocenters. The van der Waals surface area contributed by atoms with Crippen LogP contribution >= 0.6 is 22.7 Å². The Balaban J connectivity index is 1.42. The van der Waals surface area contributed by atoms with Crippen molar-refractivity contribution in [2.75, 3.05) is 0 Å². The van der Waals surface area contributed by atoms with Crippen molar-refractivity contribution in [3.05, 3.63) is 210 Å². The van der Waals surface area contributed by atoms with Crippen LogP contribution in [0.3, 0.4) is 0 Å². The first-order valence-electron chi connectivity index (χ1n) is 19.5. The first kappa shape index (κ1) is 35.4. The van der Waals surface area contributed by atoms with Crippen molar-refractivity contribution in [2.24, 2.45) is 0 Å². The number of para-hydroxylation sites is 2. The molecule has 274 valence electrons. The van der Waals surface area contributed by atoms with Crippen LogP contribution in [-0.2, 0) is 0 Å². The van der Waals surface area contributed by atoms with Gasteiger partial charge >= 0.3 is 0 Å². The van der Waals surface area contributed by atoms with Gasteiger partial charge in [0.1, 0.15) is 10.0 Å². The van der Waals surface area contributed by atoms with Gasteiger partial charge in [0.25, 0.3) is 0 Å². The molecule has 0 amide bonds. The molecule has 1 aliphatic rings. The normalized spacial score (nSPS) is 14.2. The van der Waals surface area contributed by atoms with Crippen LogP contribution in [0.4, 0.5) is 0 Å². The van der Waals surface area contributed by atoms with Crippen LogP contribution in [0, 0.1) is 0 Å². The van der Waals surface area contributed by atoms with Gasteiger partial charge in [0.2, 0.25) is 0 Å². The number of nitrogens with zero attached hydrogens (tertiary/aromatic N) is 2. The number of hydrogen-bond donors (Lipinski definition) is 0. The van der Waals surface area contributed by atoms with E-state index < -0.39 is 8.07 Å². The van der Waals surface area contributed by atoms with Crippen molar-refractivity contribution in [1.82, 2.24) is 9.97 Å². The summed E-state index contributed by atoms with van der Waals surface area (Å²) in [6.45, 7) is 7.47. The fraction of sp³-hybridized carbons (Fsp3) is 0.0769. The molecular weight excluding hydrogens is 745 g/mol. The molecule has 5 heteroatoms. The minimum Gasteiger partial charge on any atom is -0.236 e. The zero-order valence-corrected chi connectivity index (χ0v) is 34.7. The highest BCUT2D eigenvalue weighted by Crippen LogP contribution is 2.64. The maximum absolute atomic E-state index is 5.32. The Morgan fingerprint density at radius 3 is 1.14 bits per heavy atom. The van der Waals surface area contributed by atoms with Crippen molar-refractivity contribution < 1.29 is 0 Å².